The number of furan rings is 1. The van der Waals surface area contributed by atoms with Crippen molar-refractivity contribution < 1.29 is 13.9 Å². The Balaban J connectivity index is 1.98. The molecule has 2 unspecified atom stereocenters. The van der Waals surface area contributed by atoms with Gasteiger partial charge >= 0.3 is 5.97 Å². The second-order valence-corrected chi connectivity index (χ2v) is 3.98. The Morgan fingerprint density at radius 3 is 3.00 bits per heavy atom. The zero-order valence-electron chi connectivity index (χ0n) is 8.89. The van der Waals surface area contributed by atoms with Crippen molar-refractivity contribution in [2.24, 2.45) is 5.92 Å². The van der Waals surface area contributed by atoms with E-state index in [4.69, 9.17) is 14.4 Å². The maximum atomic E-state index is 11.6. The SMILES string of the molecule is N#CC1CCCCC1OC(=O)c1ccoc1. The third-order valence-corrected chi connectivity index (χ3v) is 2.88. The molecule has 0 saturated heterocycles. The van der Waals surface area contributed by atoms with Crippen molar-refractivity contribution in [3.63, 3.8) is 0 Å². The van der Waals surface area contributed by atoms with E-state index in [1.807, 2.05) is 0 Å². The quantitative estimate of drug-likeness (QED) is 0.717. The van der Waals surface area contributed by atoms with Gasteiger partial charge in [0.15, 0.2) is 0 Å². The average molecular weight is 219 g/mol. The molecule has 0 aliphatic heterocycles. The molecule has 0 spiro atoms. The molecule has 4 heteroatoms. The van der Waals surface area contributed by atoms with Gasteiger partial charge in [-0.15, -0.1) is 0 Å². The summed E-state index contributed by atoms with van der Waals surface area (Å²) < 4.78 is 10.1. The lowest BCUT2D eigenvalue weighted by molar-refractivity contribution is 0.0107. The van der Waals surface area contributed by atoms with Gasteiger partial charge in [-0.25, -0.2) is 4.79 Å². The Bertz CT molecular complexity index is 391. The molecule has 1 aliphatic carbocycles. The number of hydrogen-bond acceptors (Lipinski definition) is 4. The highest BCUT2D eigenvalue weighted by Crippen LogP contribution is 2.27. The van der Waals surface area contributed by atoms with Gasteiger partial charge in [0, 0.05) is 0 Å². The number of rotatable bonds is 2. The average Bonchev–Trinajstić information content (AvgIpc) is 2.83. The molecule has 2 atom stereocenters. The summed E-state index contributed by atoms with van der Waals surface area (Å²) in [5, 5.41) is 8.95. The first-order valence-corrected chi connectivity index (χ1v) is 5.44. The van der Waals surface area contributed by atoms with Crippen LogP contribution in [0.4, 0.5) is 0 Å². The molecule has 1 fully saturated rings. The second kappa shape index (κ2) is 4.84. The van der Waals surface area contributed by atoms with Gasteiger partial charge in [0.25, 0.3) is 0 Å². The first-order valence-electron chi connectivity index (χ1n) is 5.44. The molecule has 0 amide bonds. The van der Waals surface area contributed by atoms with Crippen LogP contribution >= 0.6 is 0 Å². The Kier molecular flexibility index (Phi) is 3.25. The highest BCUT2D eigenvalue weighted by atomic mass is 16.5. The molecule has 4 nitrogen and oxygen atoms in total. The Morgan fingerprint density at radius 2 is 2.31 bits per heavy atom. The molecule has 84 valence electrons. The fraction of sp³-hybridized carbons (Fsp3) is 0.500. The van der Waals surface area contributed by atoms with Crippen molar-refractivity contribution in [1.29, 1.82) is 5.26 Å². The van der Waals surface area contributed by atoms with E-state index in [2.05, 4.69) is 6.07 Å². The molecule has 0 bridgehead atoms. The molecule has 1 aromatic heterocycles. The maximum Gasteiger partial charge on any atom is 0.341 e. The van der Waals surface area contributed by atoms with E-state index in [0.29, 0.717) is 5.56 Å². The molecule has 0 aromatic carbocycles. The molecule has 1 saturated carbocycles. The normalized spacial score (nSPS) is 24.7. The zero-order chi connectivity index (χ0) is 11.4. The summed E-state index contributed by atoms with van der Waals surface area (Å²) in [6.07, 6.45) is 6.17. The number of carbonyl (C=O) groups is 1. The van der Waals surface area contributed by atoms with Crippen LogP contribution in [0, 0.1) is 17.2 Å². The minimum atomic E-state index is -0.402. The topological polar surface area (TPSA) is 63.2 Å². The van der Waals surface area contributed by atoms with Crippen molar-refractivity contribution in [3.05, 3.63) is 24.2 Å². The van der Waals surface area contributed by atoms with Crippen molar-refractivity contribution in [2.75, 3.05) is 0 Å². The van der Waals surface area contributed by atoms with Crippen LogP contribution in [0.25, 0.3) is 0 Å². The first-order chi connectivity index (χ1) is 7.81. The van der Waals surface area contributed by atoms with Crippen LogP contribution < -0.4 is 0 Å². The van der Waals surface area contributed by atoms with Crippen LogP contribution in [0.1, 0.15) is 36.0 Å². The molecule has 1 aromatic rings. The van der Waals surface area contributed by atoms with E-state index in [9.17, 15) is 4.79 Å². The third-order valence-electron chi connectivity index (χ3n) is 2.88. The predicted molar refractivity (Wildman–Crippen MR) is 55.5 cm³/mol. The van der Waals surface area contributed by atoms with Crippen LogP contribution in [-0.2, 0) is 4.74 Å². The molecule has 1 heterocycles. The van der Waals surface area contributed by atoms with E-state index in [1.54, 1.807) is 6.07 Å². The molecule has 0 radical (unpaired) electrons. The molecular formula is C12H13NO3. The van der Waals surface area contributed by atoms with Crippen LogP contribution in [0.2, 0.25) is 0 Å². The van der Waals surface area contributed by atoms with Crippen molar-refractivity contribution >= 4 is 5.97 Å². The predicted octanol–water partition coefficient (Wildman–Crippen LogP) is 2.52. The minimum Gasteiger partial charge on any atom is -0.472 e. The zero-order valence-corrected chi connectivity index (χ0v) is 8.89. The van der Waals surface area contributed by atoms with Gasteiger partial charge in [0.05, 0.1) is 23.8 Å². The molecule has 0 N–H and O–H groups in total. The molecule has 16 heavy (non-hydrogen) atoms. The highest BCUT2D eigenvalue weighted by Gasteiger charge is 2.28. The molecule has 1 aliphatic rings. The van der Waals surface area contributed by atoms with E-state index >= 15 is 0 Å². The summed E-state index contributed by atoms with van der Waals surface area (Å²) in [4.78, 5) is 11.6. The highest BCUT2D eigenvalue weighted by molar-refractivity contribution is 5.89. The van der Waals surface area contributed by atoms with E-state index in [1.165, 1.54) is 12.5 Å². The van der Waals surface area contributed by atoms with Crippen LogP contribution in [0.15, 0.2) is 23.0 Å². The number of ether oxygens (including phenoxy) is 1. The monoisotopic (exact) mass is 219 g/mol. The van der Waals surface area contributed by atoms with Crippen LogP contribution in [0.3, 0.4) is 0 Å². The first kappa shape index (κ1) is 10.7. The fourth-order valence-corrected chi connectivity index (χ4v) is 1.97. The van der Waals surface area contributed by atoms with Gasteiger partial charge in [-0.1, -0.05) is 6.42 Å². The standard InChI is InChI=1S/C12H13NO3/c13-7-9-3-1-2-4-11(9)16-12(14)10-5-6-15-8-10/h5-6,8-9,11H,1-4H2. The van der Waals surface area contributed by atoms with Gasteiger partial charge < -0.3 is 9.15 Å². The van der Waals surface area contributed by atoms with Crippen molar-refractivity contribution in [1.82, 2.24) is 0 Å². The lowest BCUT2D eigenvalue weighted by Gasteiger charge is -2.26. The number of nitriles is 1. The van der Waals surface area contributed by atoms with Crippen molar-refractivity contribution in [2.45, 2.75) is 31.8 Å². The molecule has 2 rings (SSSR count). The van der Waals surface area contributed by atoms with Gasteiger partial charge in [0.1, 0.15) is 12.4 Å². The summed E-state index contributed by atoms with van der Waals surface area (Å²) in [5.41, 5.74) is 0.405. The Labute approximate surface area is 93.8 Å². The number of hydrogen-bond donors (Lipinski definition) is 0. The largest absolute Gasteiger partial charge is 0.472 e. The lowest BCUT2D eigenvalue weighted by Crippen LogP contribution is -2.29. The van der Waals surface area contributed by atoms with Crippen LogP contribution in [-0.4, -0.2) is 12.1 Å². The van der Waals surface area contributed by atoms with E-state index in [0.717, 1.165) is 25.7 Å². The maximum absolute atomic E-state index is 11.6. The number of esters is 1. The van der Waals surface area contributed by atoms with E-state index in [-0.39, 0.29) is 12.0 Å². The third kappa shape index (κ3) is 2.25. The summed E-state index contributed by atoms with van der Waals surface area (Å²) in [7, 11) is 0. The Hall–Kier alpha value is -1.76. The lowest BCUT2D eigenvalue weighted by atomic mass is 9.87. The van der Waals surface area contributed by atoms with Gasteiger partial charge in [-0.2, -0.15) is 5.26 Å². The van der Waals surface area contributed by atoms with Gasteiger partial charge in [-0.05, 0) is 25.3 Å². The smallest absolute Gasteiger partial charge is 0.341 e. The minimum absolute atomic E-state index is 0.162. The second-order valence-electron chi connectivity index (χ2n) is 3.98. The van der Waals surface area contributed by atoms with E-state index < -0.39 is 5.97 Å². The van der Waals surface area contributed by atoms with Gasteiger partial charge in [0.2, 0.25) is 0 Å². The Morgan fingerprint density at radius 1 is 1.50 bits per heavy atom. The molecular weight excluding hydrogens is 206 g/mol. The summed E-state index contributed by atoms with van der Waals surface area (Å²) >= 11 is 0. The summed E-state index contributed by atoms with van der Waals surface area (Å²) in [6, 6.07) is 3.77. The van der Waals surface area contributed by atoms with Crippen LogP contribution in [0.5, 0.6) is 0 Å². The fourth-order valence-electron chi connectivity index (χ4n) is 1.97. The number of carbonyl (C=O) groups excluding carboxylic acids is 1. The summed E-state index contributed by atoms with van der Waals surface area (Å²) in [6.45, 7) is 0. The van der Waals surface area contributed by atoms with Crippen molar-refractivity contribution in [3.8, 4) is 6.07 Å². The van der Waals surface area contributed by atoms with Gasteiger partial charge in [-0.3, -0.25) is 0 Å². The number of nitrogens with zero attached hydrogens (tertiary/aromatic N) is 1. The summed E-state index contributed by atoms with van der Waals surface area (Å²) in [5.74, 6) is -0.564.